The average molecular weight is 225 g/mol. The fourth-order valence-electron chi connectivity index (χ4n) is 1.86. The van der Waals surface area contributed by atoms with Crippen molar-refractivity contribution in [1.29, 1.82) is 0 Å². The van der Waals surface area contributed by atoms with Gasteiger partial charge in [0.15, 0.2) is 0 Å². The SMILES string of the molecule is CC(CO)CN(Cc1ccsc1)C1CC1. The van der Waals surface area contributed by atoms with Crippen LogP contribution < -0.4 is 0 Å². The molecule has 2 rings (SSSR count). The molecule has 1 aromatic heterocycles. The van der Waals surface area contributed by atoms with Gasteiger partial charge in [-0.3, -0.25) is 4.90 Å². The first-order chi connectivity index (χ1) is 7.29. The van der Waals surface area contributed by atoms with Crippen LogP contribution in [0.2, 0.25) is 0 Å². The van der Waals surface area contributed by atoms with Crippen LogP contribution in [-0.2, 0) is 6.54 Å². The minimum Gasteiger partial charge on any atom is -0.396 e. The van der Waals surface area contributed by atoms with E-state index in [2.05, 4.69) is 28.7 Å². The maximum atomic E-state index is 9.09. The molecule has 3 heteroatoms. The van der Waals surface area contributed by atoms with Gasteiger partial charge in [-0.15, -0.1) is 0 Å². The smallest absolute Gasteiger partial charge is 0.0468 e. The molecule has 1 fully saturated rings. The van der Waals surface area contributed by atoms with E-state index in [0.717, 1.165) is 19.1 Å². The molecule has 15 heavy (non-hydrogen) atoms. The van der Waals surface area contributed by atoms with E-state index in [-0.39, 0.29) is 0 Å². The first-order valence-electron chi connectivity index (χ1n) is 5.65. The van der Waals surface area contributed by atoms with Crippen molar-refractivity contribution in [2.75, 3.05) is 13.2 Å². The molecule has 84 valence electrons. The molecule has 1 saturated carbocycles. The Morgan fingerprint density at radius 3 is 2.93 bits per heavy atom. The lowest BCUT2D eigenvalue weighted by Gasteiger charge is -2.24. The van der Waals surface area contributed by atoms with Crippen LogP contribution in [0.25, 0.3) is 0 Å². The molecule has 0 radical (unpaired) electrons. The fourth-order valence-corrected chi connectivity index (χ4v) is 2.52. The molecule has 2 nitrogen and oxygen atoms in total. The van der Waals surface area contributed by atoms with Gasteiger partial charge in [0.1, 0.15) is 0 Å². The van der Waals surface area contributed by atoms with Crippen LogP contribution in [0.4, 0.5) is 0 Å². The highest BCUT2D eigenvalue weighted by molar-refractivity contribution is 7.07. The van der Waals surface area contributed by atoms with E-state index in [1.54, 1.807) is 11.3 Å². The molecule has 1 atom stereocenters. The van der Waals surface area contributed by atoms with E-state index in [1.807, 2.05) is 0 Å². The third kappa shape index (κ3) is 3.30. The van der Waals surface area contributed by atoms with Crippen molar-refractivity contribution in [3.05, 3.63) is 22.4 Å². The van der Waals surface area contributed by atoms with E-state index in [0.29, 0.717) is 12.5 Å². The normalized spacial score (nSPS) is 18.3. The summed E-state index contributed by atoms with van der Waals surface area (Å²) in [5.41, 5.74) is 1.41. The highest BCUT2D eigenvalue weighted by atomic mass is 32.1. The summed E-state index contributed by atoms with van der Waals surface area (Å²) in [5, 5.41) is 13.4. The van der Waals surface area contributed by atoms with Crippen molar-refractivity contribution in [2.45, 2.75) is 32.4 Å². The zero-order chi connectivity index (χ0) is 10.7. The standard InChI is InChI=1S/C12H19NOS/c1-10(8-14)6-13(12-2-3-12)7-11-4-5-15-9-11/h4-5,9-10,12,14H,2-3,6-8H2,1H3. The van der Waals surface area contributed by atoms with Crippen molar-refractivity contribution in [2.24, 2.45) is 5.92 Å². The molecular weight excluding hydrogens is 206 g/mol. The lowest BCUT2D eigenvalue weighted by Crippen LogP contribution is -2.31. The van der Waals surface area contributed by atoms with E-state index in [4.69, 9.17) is 5.11 Å². The molecule has 0 saturated heterocycles. The van der Waals surface area contributed by atoms with Gasteiger partial charge >= 0.3 is 0 Å². The molecule has 1 aliphatic rings. The van der Waals surface area contributed by atoms with Crippen LogP contribution in [0.1, 0.15) is 25.3 Å². The molecule has 1 aliphatic carbocycles. The molecule has 0 aliphatic heterocycles. The van der Waals surface area contributed by atoms with Gasteiger partial charge in [-0.1, -0.05) is 6.92 Å². The molecule has 1 aromatic rings. The molecule has 0 bridgehead atoms. The second-order valence-electron chi connectivity index (χ2n) is 4.58. The number of nitrogens with zero attached hydrogens (tertiary/aromatic N) is 1. The van der Waals surface area contributed by atoms with Crippen molar-refractivity contribution in [3.8, 4) is 0 Å². The predicted molar refractivity (Wildman–Crippen MR) is 64.0 cm³/mol. The van der Waals surface area contributed by atoms with Crippen LogP contribution in [-0.4, -0.2) is 29.2 Å². The summed E-state index contributed by atoms with van der Waals surface area (Å²) in [6.45, 7) is 4.49. The number of rotatable bonds is 6. The number of hydrogen-bond donors (Lipinski definition) is 1. The molecule has 1 unspecified atom stereocenters. The van der Waals surface area contributed by atoms with Gasteiger partial charge in [-0.05, 0) is 41.1 Å². The Bertz CT molecular complexity index is 282. The second kappa shape index (κ2) is 5.10. The van der Waals surface area contributed by atoms with Crippen LogP contribution in [0.15, 0.2) is 16.8 Å². The van der Waals surface area contributed by atoms with Gasteiger partial charge in [-0.25, -0.2) is 0 Å². The monoisotopic (exact) mass is 225 g/mol. The predicted octanol–water partition coefficient (Wildman–Crippen LogP) is 2.34. The molecular formula is C12H19NOS. The van der Waals surface area contributed by atoms with Gasteiger partial charge in [0.2, 0.25) is 0 Å². The summed E-state index contributed by atoms with van der Waals surface area (Å²) in [6.07, 6.45) is 2.67. The number of aliphatic hydroxyl groups excluding tert-OH is 1. The van der Waals surface area contributed by atoms with Gasteiger partial charge in [0.25, 0.3) is 0 Å². The Hall–Kier alpha value is -0.380. The quantitative estimate of drug-likeness (QED) is 0.803. The summed E-state index contributed by atoms with van der Waals surface area (Å²) < 4.78 is 0. The maximum Gasteiger partial charge on any atom is 0.0468 e. The van der Waals surface area contributed by atoms with Crippen molar-refractivity contribution in [1.82, 2.24) is 4.90 Å². The van der Waals surface area contributed by atoms with Crippen LogP contribution in [0, 0.1) is 5.92 Å². The molecule has 0 amide bonds. The summed E-state index contributed by atoms with van der Waals surface area (Å²) in [6, 6.07) is 2.97. The van der Waals surface area contributed by atoms with Crippen molar-refractivity contribution >= 4 is 11.3 Å². The maximum absolute atomic E-state index is 9.09. The zero-order valence-electron chi connectivity index (χ0n) is 9.22. The first-order valence-corrected chi connectivity index (χ1v) is 6.60. The highest BCUT2D eigenvalue weighted by Gasteiger charge is 2.29. The Kier molecular flexibility index (Phi) is 3.78. The topological polar surface area (TPSA) is 23.5 Å². The largest absolute Gasteiger partial charge is 0.396 e. The fraction of sp³-hybridized carbons (Fsp3) is 0.667. The van der Waals surface area contributed by atoms with Gasteiger partial charge in [-0.2, -0.15) is 11.3 Å². The molecule has 0 aromatic carbocycles. The summed E-state index contributed by atoms with van der Waals surface area (Å²) >= 11 is 1.76. The van der Waals surface area contributed by atoms with Crippen LogP contribution >= 0.6 is 11.3 Å². The molecule has 1 N–H and O–H groups in total. The lowest BCUT2D eigenvalue weighted by atomic mass is 10.1. The van der Waals surface area contributed by atoms with E-state index < -0.39 is 0 Å². The third-order valence-electron chi connectivity index (χ3n) is 2.89. The van der Waals surface area contributed by atoms with E-state index in [1.165, 1.54) is 18.4 Å². The van der Waals surface area contributed by atoms with E-state index in [9.17, 15) is 0 Å². The number of thiophene rings is 1. The summed E-state index contributed by atoms with van der Waals surface area (Å²) in [5.74, 6) is 0.393. The highest BCUT2D eigenvalue weighted by Crippen LogP contribution is 2.29. The van der Waals surface area contributed by atoms with Gasteiger partial charge in [0.05, 0.1) is 0 Å². The third-order valence-corrected chi connectivity index (χ3v) is 3.62. The van der Waals surface area contributed by atoms with Crippen LogP contribution in [0.3, 0.4) is 0 Å². The van der Waals surface area contributed by atoms with Crippen molar-refractivity contribution < 1.29 is 5.11 Å². The summed E-state index contributed by atoms with van der Waals surface area (Å²) in [7, 11) is 0. The number of hydrogen-bond acceptors (Lipinski definition) is 3. The van der Waals surface area contributed by atoms with E-state index >= 15 is 0 Å². The Labute approximate surface area is 95.5 Å². The van der Waals surface area contributed by atoms with Crippen LogP contribution in [0.5, 0.6) is 0 Å². The Balaban J connectivity index is 1.88. The lowest BCUT2D eigenvalue weighted by molar-refractivity contribution is 0.163. The average Bonchev–Trinajstić information content (AvgIpc) is 2.97. The molecule has 0 spiro atoms. The van der Waals surface area contributed by atoms with Gasteiger partial charge in [0, 0.05) is 25.7 Å². The second-order valence-corrected chi connectivity index (χ2v) is 5.36. The summed E-state index contributed by atoms with van der Waals surface area (Å²) in [4.78, 5) is 2.52. The van der Waals surface area contributed by atoms with Crippen molar-refractivity contribution in [3.63, 3.8) is 0 Å². The minimum absolute atomic E-state index is 0.298. The minimum atomic E-state index is 0.298. The molecule has 1 heterocycles. The zero-order valence-corrected chi connectivity index (χ0v) is 10.0. The van der Waals surface area contributed by atoms with Gasteiger partial charge < -0.3 is 5.11 Å². The Morgan fingerprint density at radius 1 is 1.60 bits per heavy atom. The Morgan fingerprint density at radius 2 is 2.40 bits per heavy atom. The number of aliphatic hydroxyl groups is 1. The first kappa shape index (κ1) is 11.1.